The van der Waals surface area contributed by atoms with Crippen molar-refractivity contribution in [3.05, 3.63) is 36.0 Å². The lowest BCUT2D eigenvalue weighted by Crippen LogP contribution is -2.35. The molecule has 2 N–H and O–H groups in total. The number of para-hydroxylation sites is 1. The summed E-state index contributed by atoms with van der Waals surface area (Å²) in [6, 6.07) is 8.04. The number of fused-ring (bicyclic) bond motifs is 1. The standard InChI is InChI=1S/C16H22N2O2/c1-11(2)15(19)9-17-16(20)8-12-10-18(3)14-7-5-4-6-13(12)14/h4-7,10-11,15,19H,8-9H2,1-3H3,(H,17,20). The fraction of sp³-hybridized carbons (Fsp3) is 0.438. The molecule has 0 bridgehead atoms. The van der Waals surface area contributed by atoms with Crippen molar-refractivity contribution >= 4 is 16.8 Å². The van der Waals surface area contributed by atoms with Crippen molar-refractivity contribution < 1.29 is 9.90 Å². The van der Waals surface area contributed by atoms with E-state index in [-0.39, 0.29) is 11.8 Å². The number of hydrogen-bond donors (Lipinski definition) is 2. The second kappa shape index (κ2) is 6.09. The molecule has 108 valence electrons. The lowest BCUT2D eigenvalue weighted by atomic mass is 10.1. The number of benzene rings is 1. The predicted molar refractivity (Wildman–Crippen MR) is 80.5 cm³/mol. The second-order valence-electron chi connectivity index (χ2n) is 5.57. The highest BCUT2D eigenvalue weighted by molar-refractivity contribution is 5.89. The summed E-state index contributed by atoms with van der Waals surface area (Å²) in [5.74, 6) is 0.0916. The number of nitrogens with one attached hydrogen (secondary N) is 1. The van der Waals surface area contributed by atoms with E-state index in [2.05, 4.69) is 5.32 Å². The third-order valence-electron chi connectivity index (χ3n) is 3.61. The fourth-order valence-corrected chi connectivity index (χ4v) is 2.26. The van der Waals surface area contributed by atoms with Crippen molar-refractivity contribution in [1.29, 1.82) is 0 Å². The van der Waals surface area contributed by atoms with Crippen molar-refractivity contribution in [2.75, 3.05) is 6.54 Å². The van der Waals surface area contributed by atoms with Crippen molar-refractivity contribution in [2.24, 2.45) is 13.0 Å². The SMILES string of the molecule is CC(C)C(O)CNC(=O)Cc1cn(C)c2ccccc12. The monoisotopic (exact) mass is 274 g/mol. The van der Waals surface area contributed by atoms with Gasteiger partial charge in [-0.1, -0.05) is 32.0 Å². The van der Waals surface area contributed by atoms with E-state index < -0.39 is 6.10 Å². The van der Waals surface area contributed by atoms with Crippen LogP contribution < -0.4 is 5.32 Å². The number of rotatable bonds is 5. The maximum absolute atomic E-state index is 12.0. The van der Waals surface area contributed by atoms with Gasteiger partial charge in [0.15, 0.2) is 0 Å². The molecule has 0 aliphatic carbocycles. The first-order valence-electron chi connectivity index (χ1n) is 6.96. The van der Waals surface area contributed by atoms with E-state index in [9.17, 15) is 9.90 Å². The van der Waals surface area contributed by atoms with Crippen LogP contribution >= 0.6 is 0 Å². The minimum Gasteiger partial charge on any atom is -0.391 e. The Morgan fingerprint density at radius 1 is 1.35 bits per heavy atom. The summed E-state index contributed by atoms with van der Waals surface area (Å²) >= 11 is 0. The zero-order valence-corrected chi connectivity index (χ0v) is 12.3. The van der Waals surface area contributed by atoms with E-state index in [1.54, 1.807) is 0 Å². The first-order chi connectivity index (χ1) is 9.49. The highest BCUT2D eigenvalue weighted by atomic mass is 16.3. The van der Waals surface area contributed by atoms with Gasteiger partial charge in [0.1, 0.15) is 0 Å². The molecule has 4 nitrogen and oxygen atoms in total. The van der Waals surface area contributed by atoms with Gasteiger partial charge in [-0.05, 0) is 17.5 Å². The maximum atomic E-state index is 12.0. The molecule has 4 heteroatoms. The number of aryl methyl sites for hydroxylation is 1. The summed E-state index contributed by atoms with van der Waals surface area (Å²) < 4.78 is 2.03. The quantitative estimate of drug-likeness (QED) is 0.874. The van der Waals surface area contributed by atoms with Crippen LogP contribution in [0.2, 0.25) is 0 Å². The smallest absolute Gasteiger partial charge is 0.224 e. The van der Waals surface area contributed by atoms with Crippen LogP contribution in [0.5, 0.6) is 0 Å². The number of nitrogens with zero attached hydrogens (tertiary/aromatic N) is 1. The normalized spacial score (nSPS) is 12.8. The zero-order valence-electron chi connectivity index (χ0n) is 12.3. The van der Waals surface area contributed by atoms with E-state index in [0.29, 0.717) is 13.0 Å². The number of carbonyl (C=O) groups is 1. The van der Waals surface area contributed by atoms with Crippen molar-refractivity contribution in [3.8, 4) is 0 Å². The number of amides is 1. The molecule has 0 spiro atoms. The topological polar surface area (TPSA) is 54.3 Å². The molecule has 1 heterocycles. The Labute approximate surface area is 119 Å². The minimum absolute atomic E-state index is 0.0546. The molecule has 2 rings (SSSR count). The molecule has 0 aliphatic rings. The number of aliphatic hydroxyl groups excluding tert-OH is 1. The van der Waals surface area contributed by atoms with Crippen LogP contribution in [0.1, 0.15) is 19.4 Å². The van der Waals surface area contributed by atoms with Gasteiger partial charge in [0.2, 0.25) is 5.91 Å². The summed E-state index contributed by atoms with van der Waals surface area (Å²) in [6.07, 6.45) is 1.83. The molecule has 0 radical (unpaired) electrons. The number of aromatic nitrogens is 1. The third-order valence-corrected chi connectivity index (χ3v) is 3.61. The summed E-state index contributed by atoms with van der Waals surface area (Å²) in [7, 11) is 1.98. The molecule has 20 heavy (non-hydrogen) atoms. The van der Waals surface area contributed by atoms with Crippen molar-refractivity contribution in [3.63, 3.8) is 0 Å². The van der Waals surface area contributed by atoms with E-state index in [0.717, 1.165) is 16.5 Å². The third kappa shape index (κ3) is 3.20. The largest absolute Gasteiger partial charge is 0.391 e. The molecule has 1 atom stereocenters. The first kappa shape index (κ1) is 14.6. The predicted octanol–water partition coefficient (Wildman–Crippen LogP) is 1.85. The Morgan fingerprint density at radius 2 is 2.05 bits per heavy atom. The molecule has 0 fully saturated rings. The van der Waals surface area contributed by atoms with Crippen LogP contribution in [-0.2, 0) is 18.3 Å². The van der Waals surface area contributed by atoms with Gasteiger partial charge in [0, 0.05) is 30.7 Å². The van der Waals surface area contributed by atoms with Crippen molar-refractivity contribution in [2.45, 2.75) is 26.4 Å². The van der Waals surface area contributed by atoms with Gasteiger partial charge in [-0.2, -0.15) is 0 Å². The Balaban J connectivity index is 2.03. The van der Waals surface area contributed by atoms with Gasteiger partial charge in [-0.15, -0.1) is 0 Å². The van der Waals surface area contributed by atoms with Gasteiger partial charge in [0.25, 0.3) is 0 Å². The van der Waals surface area contributed by atoms with Crippen LogP contribution in [0.3, 0.4) is 0 Å². The fourth-order valence-electron chi connectivity index (χ4n) is 2.26. The molecular formula is C16H22N2O2. The first-order valence-corrected chi connectivity index (χ1v) is 6.96. The molecule has 1 amide bonds. The minimum atomic E-state index is -0.494. The van der Waals surface area contributed by atoms with Crippen LogP contribution in [0.15, 0.2) is 30.5 Å². The molecular weight excluding hydrogens is 252 g/mol. The molecule has 1 aromatic carbocycles. The Kier molecular flexibility index (Phi) is 4.45. The molecule has 2 aromatic rings. The highest BCUT2D eigenvalue weighted by Crippen LogP contribution is 2.20. The lowest BCUT2D eigenvalue weighted by Gasteiger charge is -2.14. The summed E-state index contributed by atoms with van der Waals surface area (Å²) in [4.78, 5) is 12.0. The molecule has 1 unspecified atom stereocenters. The van der Waals surface area contributed by atoms with Gasteiger partial charge < -0.3 is 15.0 Å². The molecule has 0 aliphatic heterocycles. The zero-order chi connectivity index (χ0) is 14.7. The van der Waals surface area contributed by atoms with Gasteiger partial charge in [-0.3, -0.25) is 4.79 Å². The molecule has 1 aromatic heterocycles. The Hall–Kier alpha value is -1.81. The van der Waals surface area contributed by atoms with Crippen LogP contribution in [0, 0.1) is 5.92 Å². The Morgan fingerprint density at radius 3 is 2.75 bits per heavy atom. The van der Waals surface area contributed by atoms with Gasteiger partial charge >= 0.3 is 0 Å². The Bertz CT molecular complexity index is 602. The number of aliphatic hydroxyl groups is 1. The van der Waals surface area contributed by atoms with Crippen LogP contribution in [-0.4, -0.2) is 28.2 Å². The summed E-state index contributed by atoms with van der Waals surface area (Å²) in [5, 5.41) is 13.6. The van der Waals surface area contributed by atoms with E-state index in [1.807, 2.05) is 55.9 Å². The number of hydrogen-bond acceptors (Lipinski definition) is 2. The van der Waals surface area contributed by atoms with Crippen LogP contribution in [0.4, 0.5) is 0 Å². The summed E-state index contributed by atoms with van der Waals surface area (Å²) in [5.41, 5.74) is 2.14. The van der Waals surface area contributed by atoms with Gasteiger partial charge in [-0.25, -0.2) is 0 Å². The lowest BCUT2D eigenvalue weighted by molar-refractivity contribution is -0.121. The second-order valence-corrected chi connectivity index (χ2v) is 5.57. The average Bonchev–Trinajstić information content (AvgIpc) is 2.73. The maximum Gasteiger partial charge on any atom is 0.224 e. The van der Waals surface area contributed by atoms with E-state index in [1.165, 1.54) is 0 Å². The highest BCUT2D eigenvalue weighted by Gasteiger charge is 2.13. The van der Waals surface area contributed by atoms with E-state index in [4.69, 9.17) is 0 Å². The molecule has 0 saturated carbocycles. The van der Waals surface area contributed by atoms with Crippen molar-refractivity contribution in [1.82, 2.24) is 9.88 Å². The summed E-state index contributed by atoms with van der Waals surface area (Å²) in [6.45, 7) is 4.17. The molecule has 0 saturated heterocycles. The van der Waals surface area contributed by atoms with Crippen LogP contribution in [0.25, 0.3) is 10.9 Å². The average molecular weight is 274 g/mol. The number of carbonyl (C=O) groups excluding carboxylic acids is 1. The van der Waals surface area contributed by atoms with E-state index >= 15 is 0 Å². The van der Waals surface area contributed by atoms with Gasteiger partial charge in [0.05, 0.1) is 12.5 Å².